The molecule has 0 atom stereocenters. The lowest BCUT2D eigenvalue weighted by atomic mass is 9.93. The molecular weight excluding hydrogens is 615 g/mol. The Bertz CT molecular complexity index is 1910. The minimum absolute atomic E-state index is 0.00512. The van der Waals surface area contributed by atoms with Gasteiger partial charge in [-0.3, -0.25) is 4.79 Å². The van der Waals surface area contributed by atoms with Crippen LogP contribution in [-0.4, -0.2) is 38.0 Å². The first-order chi connectivity index (χ1) is 20.5. The summed E-state index contributed by atoms with van der Waals surface area (Å²) in [5.74, 6) is -2.52. The largest absolute Gasteiger partial charge is 0.480 e. The standard InChI is InChI=1S/C32H30F3NO6S2/c1-21-16-22(2)31(32(33,34)35)23(3)29(21)19-36(44(41,42)27-9-5-4-6-10-27)18-24-12-14-25(15-13-24)26-8-7-11-28(17-26)43(39,40)20-30(37)38/h4-17H,18-20H2,1-3H3,(H,37,38). The molecule has 0 fully saturated rings. The summed E-state index contributed by atoms with van der Waals surface area (Å²) in [6.07, 6.45) is -4.61. The first-order valence-electron chi connectivity index (χ1n) is 13.4. The van der Waals surface area contributed by atoms with Crippen molar-refractivity contribution in [3.05, 3.63) is 118 Å². The van der Waals surface area contributed by atoms with Crippen LogP contribution in [0.15, 0.2) is 94.7 Å². The highest BCUT2D eigenvalue weighted by Crippen LogP contribution is 2.38. The van der Waals surface area contributed by atoms with Crippen molar-refractivity contribution in [2.75, 3.05) is 5.75 Å². The van der Waals surface area contributed by atoms with Crippen molar-refractivity contribution in [2.24, 2.45) is 0 Å². The second-order valence-corrected chi connectivity index (χ2v) is 14.4. The molecule has 0 amide bonds. The highest BCUT2D eigenvalue weighted by molar-refractivity contribution is 7.92. The molecule has 0 radical (unpaired) electrons. The van der Waals surface area contributed by atoms with E-state index in [0.717, 1.165) is 4.31 Å². The summed E-state index contributed by atoms with van der Waals surface area (Å²) in [6, 6.07) is 21.5. The maximum absolute atomic E-state index is 13.9. The summed E-state index contributed by atoms with van der Waals surface area (Å²) in [7, 11) is -8.20. The van der Waals surface area contributed by atoms with Crippen molar-refractivity contribution in [2.45, 2.75) is 49.8 Å². The van der Waals surface area contributed by atoms with E-state index in [4.69, 9.17) is 5.11 Å². The van der Waals surface area contributed by atoms with E-state index in [1.165, 1.54) is 50.2 Å². The van der Waals surface area contributed by atoms with E-state index in [-0.39, 0.29) is 39.6 Å². The fourth-order valence-corrected chi connectivity index (χ4v) is 7.67. The lowest BCUT2D eigenvalue weighted by Crippen LogP contribution is -2.31. The molecule has 44 heavy (non-hydrogen) atoms. The molecule has 0 aliphatic heterocycles. The van der Waals surface area contributed by atoms with Crippen LogP contribution >= 0.6 is 0 Å². The highest BCUT2D eigenvalue weighted by Gasteiger charge is 2.36. The Balaban J connectivity index is 1.72. The number of carbonyl (C=O) groups is 1. The van der Waals surface area contributed by atoms with Crippen LogP contribution in [0.3, 0.4) is 0 Å². The Morgan fingerprint density at radius 2 is 1.36 bits per heavy atom. The van der Waals surface area contributed by atoms with Gasteiger partial charge < -0.3 is 5.11 Å². The summed E-state index contributed by atoms with van der Waals surface area (Å²) < 4.78 is 95.4. The quantitative estimate of drug-likeness (QED) is 0.210. The monoisotopic (exact) mass is 645 g/mol. The molecule has 0 saturated heterocycles. The Morgan fingerprint density at radius 1 is 0.750 bits per heavy atom. The summed E-state index contributed by atoms with van der Waals surface area (Å²) in [5.41, 5.74) is 1.68. The number of benzene rings is 4. The predicted molar refractivity (Wildman–Crippen MR) is 160 cm³/mol. The maximum atomic E-state index is 13.9. The number of alkyl halides is 3. The molecule has 12 heteroatoms. The summed E-state index contributed by atoms with van der Waals surface area (Å²) in [5, 5.41) is 8.94. The lowest BCUT2D eigenvalue weighted by Gasteiger charge is -2.26. The molecule has 0 saturated carbocycles. The van der Waals surface area contributed by atoms with Gasteiger partial charge in [-0.2, -0.15) is 17.5 Å². The predicted octanol–water partition coefficient (Wildman–Crippen LogP) is 6.55. The van der Waals surface area contributed by atoms with Crippen molar-refractivity contribution in [3.8, 4) is 11.1 Å². The van der Waals surface area contributed by atoms with Gasteiger partial charge in [-0.05, 0) is 84.0 Å². The number of nitrogens with zero attached hydrogens (tertiary/aromatic N) is 1. The highest BCUT2D eigenvalue weighted by atomic mass is 32.2. The fraction of sp³-hybridized carbons (Fsp3) is 0.219. The first-order valence-corrected chi connectivity index (χ1v) is 16.5. The summed E-state index contributed by atoms with van der Waals surface area (Å²) in [6.45, 7) is 3.93. The van der Waals surface area contributed by atoms with Gasteiger partial charge in [-0.15, -0.1) is 0 Å². The fourth-order valence-electron chi connectivity index (χ4n) is 5.17. The molecule has 232 valence electrons. The van der Waals surface area contributed by atoms with Crippen LogP contribution in [-0.2, 0) is 43.9 Å². The second kappa shape index (κ2) is 12.5. The van der Waals surface area contributed by atoms with Gasteiger partial charge in [0.15, 0.2) is 15.6 Å². The molecule has 7 nitrogen and oxygen atoms in total. The van der Waals surface area contributed by atoms with Crippen LogP contribution < -0.4 is 0 Å². The molecule has 4 aromatic carbocycles. The third kappa shape index (κ3) is 7.20. The number of aliphatic carboxylic acids is 1. The van der Waals surface area contributed by atoms with E-state index < -0.39 is 43.3 Å². The average molecular weight is 646 g/mol. The van der Waals surface area contributed by atoms with Crippen molar-refractivity contribution in [1.29, 1.82) is 0 Å². The molecule has 0 aliphatic carbocycles. The molecule has 0 spiro atoms. The van der Waals surface area contributed by atoms with Crippen molar-refractivity contribution >= 4 is 25.8 Å². The number of hydrogen-bond donors (Lipinski definition) is 1. The Morgan fingerprint density at radius 3 is 1.95 bits per heavy atom. The van der Waals surface area contributed by atoms with Crippen molar-refractivity contribution in [3.63, 3.8) is 0 Å². The average Bonchev–Trinajstić information content (AvgIpc) is 2.94. The van der Waals surface area contributed by atoms with E-state index in [9.17, 15) is 34.8 Å². The van der Waals surface area contributed by atoms with E-state index in [2.05, 4.69) is 0 Å². The molecule has 1 N–H and O–H groups in total. The number of carboxylic acids is 1. The number of sulfone groups is 1. The molecule has 0 aliphatic rings. The third-order valence-electron chi connectivity index (χ3n) is 7.28. The van der Waals surface area contributed by atoms with Crippen LogP contribution in [0, 0.1) is 20.8 Å². The van der Waals surface area contributed by atoms with Gasteiger partial charge >= 0.3 is 12.1 Å². The topological polar surface area (TPSA) is 109 Å². The molecule has 0 bridgehead atoms. The van der Waals surface area contributed by atoms with Gasteiger partial charge in [0.25, 0.3) is 0 Å². The zero-order valence-electron chi connectivity index (χ0n) is 24.1. The van der Waals surface area contributed by atoms with Gasteiger partial charge in [-0.1, -0.05) is 60.7 Å². The number of sulfonamides is 1. The van der Waals surface area contributed by atoms with E-state index in [1.54, 1.807) is 55.5 Å². The van der Waals surface area contributed by atoms with Gasteiger partial charge in [0.1, 0.15) is 0 Å². The summed E-state index contributed by atoms with van der Waals surface area (Å²) in [4.78, 5) is 10.8. The third-order valence-corrected chi connectivity index (χ3v) is 10.7. The molecular formula is C32H30F3NO6S2. The van der Waals surface area contributed by atoms with Gasteiger partial charge in [0.2, 0.25) is 10.0 Å². The van der Waals surface area contributed by atoms with E-state index in [0.29, 0.717) is 22.3 Å². The van der Waals surface area contributed by atoms with Crippen LogP contribution in [0.5, 0.6) is 0 Å². The van der Waals surface area contributed by atoms with Crippen LogP contribution in [0.1, 0.15) is 33.4 Å². The van der Waals surface area contributed by atoms with Gasteiger partial charge in [-0.25, -0.2) is 16.8 Å². The number of carboxylic acid groups (broad SMARTS) is 1. The number of hydrogen-bond acceptors (Lipinski definition) is 5. The Hall–Kier alpha value is -4.00. The Labute approximate surface area is 254 Å². The number of rotatable bonds is 10. The first kappa shape index (κ1) is 32.9. The minimum Gasteiger partial charge on any atom is -0.480 e. The number of aryl methyl sites for hydroxylation is 2. The van der Waals surface area contributed by atoms with Crippen LogP contribution in [0.25, 0.3) is 11.1 Å². The van der Waals surface area contributed by atoms with E-state index in [1.807, 2.05) is 0 Å². The molecule has 0 heterocycles. The Kier molecular flexibility index (Phi) is 9.38. The number of halogens is 3. The normalized spacial score (nSPS) is 12.4. The van der Waals surface area contributed by atoms with E-state index >= 15 is 0 Å². The second-order valence-electron chi connectivity index (χ2n) is 10.5. The minimum atomic E-state index is -4.61. The maximum Gasteiger partial charge on any atom is 0.416 e. The van der Waals surface area contributed by atoms with Crippen LogP contribution in [0.4, 0.5) is 13.2 Å². The van der Waals surface area contributed by atoms with Gasteiger partial charge in [0.05, 0.1) is 15.4 Å². The van der Waals surface area contributed by atoms with Crippen LogP contribution in [0.2, 0.25) is 0 Å². The zero-order chi connectivity index (χ0) is 32.4. The smallest absolute Gasteiger partial charge is 0.416 e. The zero-order valence-corrected chi connectivity index (χ0v) is 25.7. The lowest BCUT2D eigenvalue weighted by molar-refractivity contribution is -0.138. The van der Waals surface area contributed by atoms with Gasteiger partial charge in [0, 0.05) is 13.1 Å². The summed E-state index contributed by atoms with van der Waals surface area (Å²) >= 11 is 0. The molecule has 4 aromatic rings. The van der Waals surface area contributed by atoms with Crippen molar-refractivity contribution in [1.82, 2.24) is 4.31 Å². The molecule has 0 unspecified atom stereocenters. The molecule has 0 aromatic heterocycles. The molecule has 4 rings (SSSR count). The van der Waals surface area contributed by atoms with Crippen molar-refractivity contribution < 1.29 is 39.9 Å². The SMILES string of the molecule is Cc1cc(C)c(C(F)(F)F)c(C)c1CN(Cc1ccc(-c2cccc(S(=O)(=O)CC(=O)O)c2)cc1)S(=O)(=O)c1ccccc1.